The van der Waals surface area contributed by atoms with Gasteiger partial charge in [0.15, 0.2) is 0 Å². The molecule has 0 bridgehead atoms. The Labute approximate surface area is 170 Å². The van der Waals surface area contributed by atoms with Gasteiger partial charge in [0.1, 0.15) is 5.82 Å². The summed E-state index contributed by atoms with van der Waals surface area (Å²) >= 11 is 6.25. The summed E-state index contributed by atoms with van der Waals surface area (Å²) in [6, 6.07) is 13.2. The minimum absolute atomic E-state index is 0.000528. The summed E-state index contributed by atoms with van der Waals surface area (Å²) in [6.07, 6.45) is 3.48. The molecule has 1 aromatic carbocycles. The predicted octanol–water partition coefficient (Wildman–Crippen LogP) is 4.23. The number of aliphatic hydroxyl groups excluding tert-OH is 1. The average Bonchev–Trinajstić information content (AvgIpc) is 2.71. The van der Waals surface area contributed by atoms with Gasteiger partial charge >= 0.3 is 0 Å². The fraction of sp³-hybridized carbons (Fsp3) is 0.286. The number of halogens is 1. The fourth-order valence-corrected chi connectivity index (χ4v) is 2.88. The Kier molecular flexibility index (Phi) is 6.79. The quantitative estimate of drug-likeness (QED) is 0.527. The highest BCUT2D eigenvalue weighted by Crippen LogP contribution is 2.23. The van der Waals surface area contributed by atoms with Gasteiger partial charge in [0.05, 0.1) is 18.3 Å². The third kappa shape index (κ3) is 5.18. The topological polar surface area (TPSA) is 83.0 Å². The van der Waals surface area contributed by atoms with Crippen molar-refractivity contribution in [2.75, 3.05) is 17.2 Å². The number of nitrogens with zero attached hydrogens (tertiary/aromatic N) is 3. The van der Waals surface area contributed by atoms with Gasteiger partial charge in [0, 0.05) is 35.6 Å². The van der Waals surface area contributed by atoms with Gasteiger partial charge in [-0.05, 0) is 29.7 Å². The van der Waals surface area contributed by atoms with Crippen molar-refractivity contribution in [3.63, 3.8) is 0 Å². The first kappa shape index (κ1) is 20.0. The van der Waals surface area contributed by atoms with E-state index in [0.29, 0.717) is 23.3 Å². The molecule has 28 heavy (non-hydrogen) atoms. The molecule has 0 aliphatic heterocycles. The Morgan fingerprint density at radius 2 is 1.93 bits per heavy atom. The molecule has 0 aliphatic rings. The zero-order valence-electron chi connectivity index (χ0n) is 15.9. The number of anilines is 2. The zero-order valence-corrected chi connectivity index (χ0v) is 16.7. The molecule has 2 aromatic heterocycles. The van der Waals surface area contributed by atoms with Crippen molar-refractivity contribution in [3.05, 3.63) is 65.4 Å². The summed E-state index contributed by atoms with van der Waals surface area (Å²) in [7, 11) is 0. The van der Waals surface area contributed by atoms with E-state index < -0.39 is 0 Å². The zero-order chi connectivity index (χ0) is 19.9. The van der Waals surface area contributed by atoms with Crippen LogP contribution < -0.4 is 10.6 Å². The number of rotatable bonds is 8. The summed E-state index contributed by atoms with van der Waals surface area (Å²) in [5, 5.41) is 16.9. The van der Waals surface area contributed by atoms with Crippen molar-refractivity contribution in [2.24, 2.45) is 5.92 Å². The van der Waals surface area contributed by atoms with E-state index in [9.17, 15) is 5.11 Å². The highest BCUT2D eigenvalue weighted by molar-refractivity contribution is 6.31. The molecule has 0 spiro atoms. The van der Waals surface area contributed by atoms with Gasteiger partial charge in [-0.3, -0.25) is 4.98 Å². The van der Waals surface area contributed by atoms with Gasteiger partial charge in [0.25, 0.3) is 0 Å². The molecule has 3 rings (SSSR count). The van der Waals surface area contributed by atoms with Crippen LogP contribution in [0.1, 0.15) is 19.4 Å². The second kappa shape index (κ2) is 9.48. The normalized spacial score (nSPS) is 12.0. The maximum Gasteiger partial charge on any atom is 0.225 e. The smallest absolute Gasteiger partial charge is 0.225 e. The molecular formula is C21H24ClN5O. The van der Waals surface area contributed by atoms with Crippen molar-refractivity contribution >= 4 is 23.4 Å². The second-order valence-corrected chi connectivity index (χ2v) is 7.23. The van der Waals surface area contributed by atoms with Crippen LogP contribution in [0.2, 0.25) is 5.02 Å². The van der Waals surface area contributed by atoms with Gasteiger partial charge in [-0.25, -0.2) is 4.98 Å². The lowest BCUT2D eigenvalue weighted by Gasteiger charge is -2.20. The van der Waals surface area contributed by atoms with Crippen molar-refractivity contribution in [1.82, 2.24) is 15.0 Å². The number of nitrogens with one attached hydrogen (secondary N) is 2. The van der Waals surface area contributed by atoms with E-state index in [1.54, 1.807) is 12.4 Å². The molecule has 0 saturated carbocycles. The first-order chi connectivity index (χ1) is 13.6. The summed E-state index contributed by atoms with van der Waals surface area (Å²) in [5.41, 5.74) is 2.61. The summed E-state index contributed by atoms with van der Waals surface area (Å²) < 4.78 is 0. The molecule has 7 heteroatoms. The maximum atomic E-state index is 9.64. The van der Waals surface area contributed by atoms with Crippen LogP contribution in [0.25, 0.3) is 11.3 Å². The number of aliphatic hydroxyl groups is 1. The second-order valence-electron chi connectivity index (χ2n) is 6.83. The standard InChI is InChI=1S/C21H24ClN5O/c1-14(2)19(13-28)26-21-25-18(16-7-5-9-23-11-16)10-20(27-21)24-12-15-6-3-4-8-17(15)22/h3-11,14,19,28H,12-13H2,1-2H3,(H2,24,25,26,27)/t19-/m0/s1. The predicted molar refractivity (Wildman–Crippen MR) is 113 cm³/mol. The van der Waals surface area contributed by atoms with E-state index in [-0.39, 0.29) is 18.6 Å². The fourth-order valence-electron chi connectivity index (χ4n) is 2.68. The largest absolute Gasteiger partial charge is 0.394 e. The van der Waals surface area contributed by atoms with Crippen LogP contribution in [0.5, 0.6) is 0 Å². The molecule has 3 aromatic rings. The number of hydrogen-bond donors (Lipinski definition) is 3. The molecule has 0 fully saturated rings. The van der Waals surface area contributed by atoms with E-state index in [1.807, 2.05) is 56.3 Å². The van der Waals surface area contributed by atoms with Gasteiger partial charge in [-0.2, -0.15) is 4.98 Å². The van der Waals surface area contributed by atoms with Crippen LogP contribution >= 0.6 is 11.6 Å². The van der Waals surface area contributed by atoms with Crippen LogP contribution in [0.15, 0.2) is 54.9 Å². The van der Waals surface area contributed by atoms with Crippen LogP contribution in [-0.4, -0.2) is 32.7 Å². The van der Waals surface area contributed by atoms with Crippen LogP contribution in [0, 0.1) is 5.92 Å². The highest BCUT2D eigenvalue weighted by Gasteiger charge is 2.15. The Hall–Kier alpha value is -2.70. The molecule has 6 nitrogen and oxygen atoms in total. The van der Waals surface area contributed by atoms with Gasteiger partial charge in [0.2, 0.25) is 5.95 Å². The number of pyridine rings is 1. The third-order valence-electron chi connectivity index (χ3n) is 4.42. The summed E-state index contributed by atoms with van der Waals surface area (Å²) in [5.74, 6) is 1.35. The molecule has 0 aliphatic carbocycles. The molecule has 3 N–H and O–H groups in total. The molecular weight excluding hydrogens is 374 g/mol. The van der Waals surface area contributed by atoms with Crippen molar-refractivity contribution in [2.45, 2.75) is 26.4 Å². The lowest BCUT2D eigenvalue weighted by Crippen LogP contribution is -2.30. The van der Waals surface area contributed by atoms with Crippen molar-refractivity contribution < 1.29 is 5.11 Å². The minimum atomic E-state index is -0.138. The molecule has 146 valence electrons. The van der Waals surface area contributed by atoms with Gasteiger partial charge in [-0.1, -0.05) is 43.6 Å². The molecule has 2 heterocycles. The number of aromatic nitrogens is 3. The van der Waals surface area contributed by atoms with E-state index in [1.165, 1.54) is 0 Å². The Balaban J connectivity index is 1.89. The lowest BCUT2D eigenvalue weighted by atomic mass is 10.1. The molecule has 0 saturated heterocycles. The van der Waals surface area contributed by atoms with E-state index in [0.717, 1.165) is 16.8 Å². The van der Waals surface area contributed by atoms with Crippen LogP contribution in [-0.2, 0) is 6.54 Å². The van der Waals surface area contributed by atoms with Gasteiger partial charge < -0.3 is 15.7 Å². The SMILES string of the molecule is CC(C)[C@H](CO)Nc1nc(NCc2ccccc2Cl)cc(-c2cccnc2)n1. The van der Waals surface area contributed by atoms with Crippen LogP contribution in [0.3, 0.4) is 0 Å². The average molecular weight is 398 g/mol. The van der Waals surface area contributed by atoms with E-state index >= 15 is 0 Å². The molecule has 0 amide bonds. The number of hydrogen-bond acceptors (Lipinski definition) is 6. The monoisotopic (exact) mass is 397 g/mol. The first-order valence-corrected chi connectivity index (χ1v) is 9.58. The van der Waals surface area contributed by atoms with Crippen molar-refractivity contribution in [1.29, 1.82) is 0 Å². The summed E-state index contributed by atoms with van der Waals surface area (Å²) in [4.78, 5) is 13.3. The Morgan fingerprint density at radius 3 is 2.61 bits per heavy atom. The van der Waals surface area contributed by atoms with E-state index in [4.69, 9.17) is 11.6 Å². The summed E-state index contributed by atoms with van der Waals surface area (Å²) in [6.45, 7) is 4.61. The third-order valence-corrected chi connectivity index (χ3v) is 4.79. The maximum absolute atomic E-state index is 9.64. The molecule has 0 radical (unpaired) electrons. The highest BCUT2D eigenvalue weighted by atomic mass is 35.5. The molecule has 1 atom stereocenters. The molecule has 0 unspecified atom stereocenters. The number of benzene rings is 1. The van der Waals surface area contributed by atoms with Crippen molar-refractivity contribution in [3.8, 4) is 11.3 Å². The minimum Gasteiger partial charge on any atom is -0.394 e. The lowest BCUT2D eigenvalue weighted by molar-refractivity contribution is 0.248. The first-order valence-electron chi connectivity index (χ1n) is 9.21. The van der Waals surface area contributed by atoms with Gasteiger partial charge in [-0.15, -0.1) is 0 Å². The van der Waals surface area contributed by atoms with Crippen LogP contribution in [0.4, 0.5) is 11.8 Å². The van der Waals surface area contributed by atoms with E-state index in [2.05, 4.69) is 25.6 Å². The Bertz CT molecular complexity index is 904. The Morgan fingerprint density at radius 1 is 1.11 bits per heavy atom.